The van der Waals surface area contributed by atoms with Gasteiger partial charge in [-0.15, -0.1) is 0 Å². The van der Waals surface area contributed by atoms with Gasteiger partial charge in [0.25, 0.3) is 17.7 Å². The molecule has 0 unspecified atom stereocenters. The molecule has 0 spiro atoms. The zero-order valence-electron chi connectivity index (χ0n) is 80.8. The van der Waals surface area contributed by atoms with Gasteiger partial charge < -0.3 is 73.0 Å². The highest BCUT2D eigenvalue weighted by Crippen LogP contribution is 2.47. The number of amides is 3. The number of alkyl halides is 3. The van der Waals surface area contributed by atoms with Gasteiger partial charge in [0, 0.05) is 161 Å². The number of piperazine rings is 3. The first-order valence-electron chi connectivity index (χ1n) is 48.3. The summed E-state index contributed by atoms with van der Waals surface area (Å²) in [5, 5.41) is 67.3. The van der Waals surface area contributed by atoms with E-state index in [0.717, 1.165) is 73.5 Å². The summed E-state index contributed by atoms with van der Waals surface area (Å²) in [4.78, 5) is 75.4. The van der Waals surface area contributed by atoms with Crippen molar-refractivity contribution in [1.82, 2.24) is 44.4 Å². The van der Waals surface area contributed by atoms with Gasteiger partial charge in [-0.05, 0) is 157 Å². The predicted molar refractivity (Wildman–Crippen MR) is 530 cm³/mol. The topological polar surface area (TPSA) is 299 Å². The summed E-state index contributed by atoms with van der Waals surface area (Å²) in [6.45, 7) is 23.9. The summed E-state index contributed by atoms with van der Waals surface area (Å²) in [5.74, 6) is -5.48. The van der Waals surface area contributed by atoms with Crippen molar-refractivity contribution in [1.29, 1.82) is 31.6 Å². The Morgan fingerprint density at radius 2 is 0.674 bits per heavy atom. The third kappa shape index (κ3) is 21.3. The monoisotopic (exact) mass is 1920 g/mol. The summed E-state index contributed by atoms with van der Waals surface area (Å²) >= 11 is 0. The maximum atomic E-state index is 15.9. The standard InChI is InChI=1S/3C36H39F2N7O2/c1-24-7-4-8-26-9-5-10-31(32(24)26)43-16-12-28-30(21-43)41-34(47-23-36(38)13-6-15-42(3)22-36)29(19-40)33(28)44-17-18-45(35(46)25(2)37)27(20-44)11-14-39;2*1-24-6-4-7-26-8-5-9-31(32(24)26)43-15-11-28-30(22-43)41-34(47-23-36(38)12-16-42(3)17-13-36)29(20-40)33(28)44-18-19-45(35(46)25(2)37)27(21-44)10-14-39/h4-5,7-10,27H,2,6,11-13,15-18,20-23H2,1,3H3;2*4-9,27H,2,10-13,15-19,21-23H2,1,3H3/t27-,36+;2*27-/m000/s1. The number of hydrogen-bond donors (Lipinski definition) is 0. The largest absolute Gasteiger partial charge is 0.473 e. The van der Waals surface area contributed by atoms with E-state index in [1.807, 2.05) is 77.1 Å². The fourth-order valence-electron chi connectivity index (χ4n) is 21.8. The number of rotatable bonds is 21. The molecule has 6 saturated heterocycles. The van der Waals surface area contributed by atoms with E-state index in [-0.39, 0.29) is 119 Å². The number of halogens is 6. The molecule has 9 aliphatic heterocycles. The Morgan fingerprint density at radius 1 is 0.383 bits per heavy atom. The highest BCUT2D eigenvalue weighted by Gasteiger charge is 2.45. The van der Waals surface area contributed by atoms with E-state index in [1.165, 1.54) is 47.5 Å². The van der Waals surface area contributed by atoms with Crippen LogP contribution in [-0.2, 0) is 53.3 Å². The lowest BCUT2D eigenvalue weighted by Crippen LogP contribution is -2.55. The molecule has 6 fully saturated rings. The fourth-order valence-corrected chi connectivity index (χ4v) is 21.8. The van der Waals surface area contributed by atoms with Gasteiger partial charge in [0.15, 0.2) is 23.1 Å². The molecule has 4 atom stereocenters. The number of pyridine rings is 3. The number of nitriles is 6. The third-order valence-electron chi connectivity index (χ3n) is 29.3. The van der Waals surface area contributed by atoms with Crippen LogP contribution in [0.4, 0.5) is 60.5 Å². The van der Waals surface area contributed by atoms with E-state index in [1.54, 1.807) is 0 Å². The second-order valence-corrected chi connectivity index (χ2v) is 38.8. The van der Waals surface area contributed by atoms with Gasteiger partial charge in [-0.2, -0.15) is 31.6 Å². The molecule has 3 amide bonds. The molecule has 9 aliphatic rings. The predicted octanol–water partition coefficient (Wildman–Crippen LogP) is 15.6. The second kappa shape index (κ2) is 42.9. The molecule has 27 nitrogen and oxygen atoms in total. The summed E-state index contributed by atoms with van der Waals surface area (Å²) in [7, 11) is 5.81. The van der Waals surface area contributed by atoms with E-state index in [4.69, 9.17) is 29.2 Å². The summed E-state index contributed by atoms with van der Waals surface area (Å²) in [6.07, 6.45) is 4.06. The molecule has 6 aromatic carbocycles. The Kier molecular flexibility index (Phi) is 30.3. The number of fused-ring (bicyclic) bond motifs is 6. The lowest BCUT2D eigenvalue weighted by atomic mass is 9.94. The lowest BCUT2D eigenvalue weighted by molar-refractivity contribution is -0.132. The zero-order chi connectivity index (χ0) is 99.9. The first kappa shape index (κ1) is 99.8. The summed E-state index contributed by atoms with van der Waals surface area (Å²) in [5.41, 5.74) is 9.47. The van der Waals surface area contributed by atoms with Crippen molar-refractivity contribution in [3.63, 3.8) is 0 Å². The fraction of sp³-hybridized carbons (Fsp3) is 0.444. The van der Waals surface area contributed by atoms with E-state index in [2.05, 4.69) is 174 Å². The van der Waals surface area contributed by atoms with Crippen molar-refractivity contribution in [2.45, 2.75) is 153 Å². The molecule has 0 aliphatic carbocycles. The van der Waals surface area contributed by atoms with E-state index in [9.17, 15) is 59.1 Å². The Hall–Kier alpha value is -14.2. The number of anilines is 6. The summed E-state index contributed by atoms with van der Waals surface area (Å²) < 4.78 is 108. The van der Waals surface area contributed by atoms with Crippen molar-refractivity contribution >= 4 is 84.2 Å². The minimum Gasteiger partial charge on any atom is -0.473 e. The quantitative estimate of drug-likeness (QED) is 0.0477. The molecule has 12 heterocycles. The Bertz CT molecular complexity index is 6340. The van der Waals surface area contributed by atoms with Crippen LogP contribution in [0.5, 0.6) is 17.6 Å². The molecule has 9 aromatic rings. The smallest absolute Gasteiger partial charge is 0.282 e. The highest BCUT2D eigenvalue weighted by molar-refractivity contribution is 6.00. The van der Waals surface area contributed by atoms with Crippen LogP contribution < -0.4 is 43.6 Å². The maximum Gasteiger partial charge on any atom is 0.282 e. The number of aromatic nitrogens is 3. The van der Waals surface area contributed by atoms with Gasteiger partial charge in [-0.3, -0.25) is 14.4 Å². The number of likely N-dealkylation sites (tertiary alicyclic amines) is 3. The molecule has 0 saturated carbocycles. The highest BCUT2D eigenvalue weighted by atomic mass is 19.2. The molecule has 18 rings (SSSR count). The van der Waals surface area contributed by atoms with Crippen molar-refractivity contribution in [2.75, 3.05) is 188 Å². The number of ether oxygens (including phenoxy) is 3. The van der Waals surface area contributed by atoms with Crippen LogP contribution in [0.3, 0.4) is 0 Å². The SMILES string of the molecule is C=C(F)C(=O)N1CCN(c2c(C#N)c(OCC3(F)CCN(C)CC3)nc3c2CCN(c2cccc4cccc(C)c24)C3)C[C@@H]1CC#N.C=C(F)C(=O)N1CCN(c2c(C#N)c(OCC3(F)CCN(C)CC3)nc3c2CCN(c2cccc4cccc(C)c24)C3)C[C@@H]1CC#N.C=C(F)C(=O)N1CCN(c2c(C#N)c(OC[C@@]3(F)CCCN(C)C3)nc3c2CCN(c2cccc4cccc(C)c24)C3)C[C@@H]1CC#N. The van der Waals surface area contributed by atoms with Crippen LogP contribution in [-0.4, -0.2) is 256 Å². The van der Waals surface area contributed by atoms with Crippen LogP contribution >= 0.6 is 0 Å². The van der Waals surface area contributed by atoms with Gasteiger partial charge >= 0.3 is 0 Å². The van der Waals surface area contributed by atoms with Crippen LogP contribution in [0.15, 0.2) is 146 Å². The Balaban J connectivity index is 0.000000152. The molecular formula is C108H117F6N21O6. The Morgan fingerprint density at radius 3 is 0.950 bits per heavy atom. The van der Waals surface area contributed by atoms with Gasteiger partial charge in [-0.1, -0.05) is 111 Å². The second-order valence-electron chi connectivity index (χ2n) is 38.8. The zero-order valence-corrected chi connectivity index (χ0v) is 80.8. The van der Waals surface area contributed by atoms with Crippen LogP contribution in [0.1, 0.15) is 125 Å². The lowest BCUT2D eigenvalue weighted by Gasteiger charge is -2.43. The Labute approximate surface area is 819 Å². The number of nitrogens with zero attached hydrogens (tertiary/aromatic N) is 21. The van der Waals surface area contributed by atoms with E-state index >= 15 is 13.2 Å². The minimum absolute atomic E-state index is 0.0128. The molecule has 3 aromatic heterocycles. The molecular weight excluding hydrogens is 1800 g/mol. The average Bonchev–Trinajstić information content (AvgIpc) is 0.753. The van der Waals surface area contributed by atoms with Crippen molar-refractivity contribution in [3.05, 3.63) is 214 Å². The third-order valence-corrected chi connectivity index (χ3v) is 29.3. The average molecular weight is 1920 g/mol. The van der Waals surface area contributed by atoms with Crippen LogP contribution in [0, 0.1) is 88.8 Å². The number of carbonyl (C=O) groups is 3. The van der Waals surface area contributed by atoms with Crippen molar-refractivity contribution < 1.29 is 54.9 Å². The number of carbonyl (C=O) groups excluding carboxylic acids is 3. The van der Waals surface area contributed by atoms with Gasteiger partial charge in [0.1, 0.15) is 66.1 Å². The van der Waals surface area contributed by atoms with Crippen molar-refractivity contribution in [2.24, 2.45) is 0 Å². The van der Waals surface area contributed by atoms with Gasteiger partial charge in [-0.25, -0.2) is 41.3 Å². The molecule has 0 bridgehead atoms. The van der Waals surface area contributed by atoms with Crippen LogP contribution in [0.25, 0.3) is 32.3 Å². The first-order valence-corrected chi connectivity index (χ1v) is 48.3. The van der Waals surface area contributed by atoms with Gasteiger partial charge in [0.05, 0.1) is 109 Å². The van der Waals surface area contributed by atoms with Crippen molar-refractivity contribution in [3.8, 4) is 54.1 Å². The molecule has 0 N–H and O–H groups in total. The molecule has 141 heavy (non-hydrogen) atoms. The van der Waals surface area contributed by atoms with Crippen LogP contribution in [0.2, 0.25) is 0 Å². The van der Waals surface area contributed by atoms with E-state index < -0.39 is 70.3 Å². The number of piperidine rings is 3. The molecule has 0 radical (unpaired) electrons. The maximum absolute atomic E-state index is 15.9. The first-order chi connectivity index (χ1) is 67.9. The normalized spacial score (nSPS) is 20.2. The van der Waals surface area contributed by atoms with E-state index in [0.29, 0.717) is 160 Å². The summed E-state index contributed by atoms with van der Waals surface area (Å²) in [6, 6.07) is 48.9. The number of aryl methyl sites for hydroxylation is 3. The molecule has 732 valence electrons. The number of benzene rings is 6. The minimum atomic E-state index is -1.58. The molecule has 33 heteroatoms. The number of hydrogen-bond acceptors (Lipinski definition) is 24. The van der Waals surface area contributed by atoms with Gasteiger partial charge in [0.2, 0.25) is 17.6 Å².